The molecule has 18 heteroatoms. The van der Waals surface area contributed by atoms with Crippen LogP contribution in [-0.4, -0.2) is 116 Å². The first kappa shape index (κ1) is 52.1. The Morgan fingerprint density at radius 2 is 0.948 bits per heavy atom. The predicted octanol–water partition coefficient (Wildman–Crippen LogP) is 5.22. The summed E-state index contributed by atoms with van der Waals surface area (Å²) in [4.78, 5) is 94.7. The first-order valence-electron chi connectivity index (χ1n) is 20.7. The van der Waals surface area contributed by atoms with Crippen LogP contribution in [0.4, 0.5) is 0 Å². The van der Waals surface area contributed by atoms with Gasteiger partial charge in [-0.25, -0.2) is 4.89 Å². The number of esters is 7. The summed E-state index contributed by atoms with van der Waals surface area (Å²) in [5, 5.41) is 10.3. The van der Waals surface area contributed by atoms with Gasteiger partial charge in [-0.3, -0.25) is 38.8 Å². The van der Waals surface area contributed by atoms with Gasteiger partial charge in [-0.2, -0.15) is 0 Å². The highest BCUT2D eigenvalue weighted by Crippen LogP contribution is 2.33. The third kappa shape index (κ3) is 19.7. The van der Waals surface area contributed by atoms with Gasteiger partial charge in [0.15, 0.2) is 30.7 Å². The second-order valence-electron chi connectivity index (χ2n) is 13.8. The van der Waals surface area contributed by atoms with Gasteiger partial charge < -0.3 is 42.6 Å². The van der Waals surface area contributed by atoms with Crippen molar-refractivity contribution in [3.8, 4) is 0 Å². The molecule has 58 heavy (non-hydrogen) atoms. The average Bonchev–Trinajstić information content (AvgIpc) is 3.16. The molecule has 8 atom stereocenters. The lowest BCUT2D eigenvalue weighted by atomic mass is 9.97. The van der Waals surface area contributed by atoms with Crippen molar-refractivity contribution < 1.29 is 86.3 Å². The van der Waals surface area contributed by atoms with Gasteiger partial charge in [-0.1, -0.05) is 48.5 Å². The molecule has 0 aliphatic carbocycles. The molecule has 1 N–H and O–H groups in total. The minimum Gasteiger partial charge on any atom is -0.466 e. The molecule has 1 aliphatic heterocycles. The quantitative estimate of drug-likeness (QED) is 0.0423. The van der Waals surface area contributed by atoms with Crippen LogP contribution in [0, 0.1) is 0 Å². The van der Waals surface area contributed by atoms with E-state index < -0.39 is 104 Å². The van der Waals surface area contributed by atoms with E-state index in [4.69, 9.17) is 47.5 Å². The van der Waals surface area contributed by atoms with E-state index in [0.717, 1.165) is 0 Å². The topological polar surface area (TPSA) is 232 Å². The maximum atomic E-state index is 13.2. The summed E-state index contributed by atoms with van der Waals surface area (Å²) in [5.41, 5.74) is 0. The van der Waals surface area contributed by atoms with Gasteiger partial charge in [0.05, 0.1) is 6.61 Å². The van der Waals surface area contributed by atoms with Crippen LogP contribution in [0.2, 0.25) is 0 Å². The van der Waals surface area contributed by atoms with Gasteiger partial charge in [0.2, 0.25) is 0 Å². The standard InChI is InChI=1S/C40H66O18/c1-8-15-29(41)49-23-22-26(52-32(44)18-11-4)36(28(58-48)25-51-31(43)17-10-3)57-40-39(56-35(47)21-14-7)38(55-34(46)20-13-6)37(54-33(45)19-12-5)27(53-40)24-50-30(42)16-9-2/h26-28,36-40,48H,8-25H2,1-7H3/t26-,27-,28-,36+,37+,38+,39-,40+/m1/s1. The average molecular weight is 835 g/mol. The molecule has 1 rings (SSSR count). The van der Waals surface area contributed by atoms with E-state index in [1.807, 2.05) is 0 Å². The van der Waals surface area contributed by atoms with Crippen molar-refractivity contribution in [1.29, 1.82) is 0 Å². The molecule has 0 aromatic heterocycles. The fourth-order valence-electron chi connectivity index (χ4n) is 5.71. The van der Waals surface area contributed by atoms with Crippen LogP contribution in [0.25, 0.3) is 0 Å². The van der Waals surface area contributed by atoms with E-state index in [-0.39, 0.29) is 58.0 Å². The summed E-state index contributed by atoms with van der Waals surface area (Å²) in [5.74, 6) is -4.73. The summed E-state index contributed by atoms with van der Waals surface area (Å²) in [6, 6.07) is 0. The van der Waals surface area contributed by atoms with Crippen LogP contribution in [0.3, 0.4) is 0 Å². The van der Waals surface area contributed by atoms with Gasteiger partial charge in [-0.15, -0.1) is 0 Å². The molecule has 0 bridgehead atoms. The second-order valence-corrected chi connectivity index (χ2v) is 13.8. The first-order valence-corrected chi connectivity index (χ1v) is 20.7. The van der Waals surface area contributed by atoms with Gasteiger partial charge in [-0.05, 0) is 44.9 Å². The normalized spacial score (nSPS) is 20.4. The molecule has 1 heterocycles. The van der Waals surface area contributed by atoms with E-state index in [0.29, 0.717) is 44.9 Å². The Bertz CT molecular complexity index is 1260. The third-order valence-corrected chi connectivity index (χ3v) is 8.50. The van der Waals surface area contributed by atoms with Gasteiger partial charge >= 0.3 is 41.8 Å². The number of ether oxygens (including phenoxy) is 9. The van der Waals surface area contributed by atoms with E-state index >= 15 is 0 Å². The van der Waals surface area contributed by atoms with Crippen LogP contribution in [-0.2, 0) is 81.1 Å². The molecule has 334 valence electrons. The molecule has 1 saturated heterocycles. The van der Waals surface area contributed by atoms with Crippen molar-refractivity contribution in [2.45, 2.75) is 194 Å². The molecular formula is C40H66O18. The summed E-state index contributed by atoms with van der Waals surface area (Å²) >= 11 is 0. The maximum absolute atomic E-state index is 13.2. The zero-order valence-corrected chi connectivity index (χ0v) is 35.2. The van der Waals surface area contributed by atoms with E-state index in [9.17, 15) is 38.8 Å². The molecule has 1 aliphatic rings. The second kappa shape index (κ2) is 30.2. The highest BCUT2D eigenvalue weighted by atomic mass is 17.1. The van der Waals surface area contributed by atoms with Gasteiger partial charge in [0.1, 0.15) is 31.5 Å². The number of hydrogen-bond donors (Lipinski definition) is 1. The van der Waals surface area contributed by atoms with E-state index in [1.165, 1.54) is 0 Å². The molecule has 0 spiro atoms. The smallest absolute Gasteiger partial charge is 0.306 e. The third-order valence-electron chi connectivity index (χ3n) is 8.50. The van der Waals surface area contributed by atoms with Crippen LogP contribution in [0.15, 0.2) is 0 Å². The predicted molar refractivity (Wildman–Crippen MR) is 202 cm³/mol. The molecule has 0 radical (unpaired) electrons. The Balaban J connectivity index is 4.03. The molecular weight excluding hydrogens is 768 g/mol. The Morgan fingerprint density at radius 3 is 1.45 bits per heavy atom. The van der Waals surface area contributed by atoms with Gasteiger partial charge in [0, 0.05) is 51.4 Å². The Morgan fingerprint density at radius 1 is 0.517 bits per heavy atom. The lowest BCUT2D eigenvalue weighted by Gasteiger charge is -2.46. The highest BCUT2D eigenvalue weighted by molar-refractivity contribution is 5.72. The summed E-state index contributed by atoms with van der Waals surface area (Å²) in [6.07, 6.45) is -10.1. The molecule has 0 aromatic rings. The summed E-state index contributed by atoms with van der Waals surface area (Å²) < 4.78 is 52.4. The van der Waals surface area contributed by atoms with Gasteiger partial charge in [0.25, 0.3) is 0 Å². The van der Waals surface area contributed by atoms with Crippen molar-refractivity contribution in [1.82, 2.24) is 0 Å². The van der Waals surface area contributed by atoms with Crippen LogP contribution in [0.1, 0.15) is 145 Å². The fourth-order valence-corrected chi connectivity index (χ4v) is 5.71. The molecule has 18 nitrogen and oxygen atoms in total. The number of rotatable bonds is 30. The van der Waals surface area contributed by atoms with E-state index in [1.54, 1.807) is 48.5 Å². The summed E-state index contributed by atoms with van der Waals surface area (Å²) in [6.45, 7) is 10.8. The SMILES string of the molecule is CCCC(=O)OCC[C@@H](OC(=O)CCC)[C@H](O[C@@H]1O[C@H](COC(=O)CCC)[C@H](OC(=O)CCC)[C@H](OC(=O)CCC)[C@H]1OC(=O)CCC)[C@@H](COC(=O)CCC)OO. The van der Waals surface area contributed by atoms with Crippen molar-refractivity contribution in [3.05, 3.63) is 0 Å². The summed E-state index contributed by atoms with van der Waals surface area (Å²) in [7, 11) is 0. The van der Waals surface area contributed by atoms with E-state index in [2.05, 4.69) is 0 Å². The van der Waals surface area contributed by atoms with Crippen molar-refractivity contribution >= 4 is 41.8 Å². The van der Waals surface area contributed by atoms with Crippen molar-refractivity contribution in [2.24, 2.45) is 0 Å². The first-order chi connectivity index (χ1) is 27.8. The van der Waals surface area contributed by atoms with Crippen LogP contribution >= 0.6 is 0 Å². The fraction of sp³-hybridized carbons (Fsp3) is 0.825. The molecule has 1 fully saturated rings. The lowest BCUT2D eigenvalue weighted by molar-refractivity contribution is -0.358. The monoisotopic (exact) mass is 834 g/mol. The number of carbonyl (C=O) groups excluding carboxylic acids is 7. The van der Waals surface area contributed by atoms with Crippen LogP contribution in [0.5, 0.6) is 0 Å². The Hall–Kier alpha value is -3.87. The van der Waals surface area contributed by atoms with Crippen molar-refractivity contribution in [2.75, 3.05) is 19.8 Å². The highest BCUT2D eigenvalue weighted by Gasteiger charge is 2.55. The maximum Gasteiger partial charge on any atom is 0.306 e. The largest absolute Gasteiger partial charge is 0.466 e. The van der Waals surface area contributed by atoms with Crippen LogP contribution < -0.4 is 0 Å². The molecule has 0 unspecified atom stereocenters. The molecule has 0 amide bonds. The molecule has 0 aromatic carbocycles. The zero-order chi connectivity index (χ0) is 43.5. The minimum absolute atomic E-state index is 0.0224. The Labute approximate surface area is 341 Å². The zero-order valence-electron chi connectivity index (χ0n) is 35.2. The van der Waals surface area contributed by atoms with Crippen molar-refractivity contribution in [3.63, 3.8) is 0 Å². The lowest BCUT2D eigenvalue weighted by Crippen LogP contribution is -2.64. The number of hydrogen-bond acceptors (Lipinski definition) is 18. The Kier molecular flexibility index (Phi) is 27.2. The molecule has 0 saturated carbocycles. The number of carbonyl (C=O) groups is 7. The minimum atomic E-state index is -1.81.